The third-order valence-corrected chi connectivity index (χ3v) is 2.12. The van der Waals surface area contributed by atoms with Crippen LogP contribution in [0.1, 0.15) is 44.9 Å². The third-order valence-electron chi connectivity index (χ3n) is 2.12. The minimum absolute atomic E-state index is 0.196. The van der Waals surface area contributed by atoms with E-state index in [4.69, 9.17) is 5.73 Å². The summed E-state index contributed by atoms with van der Waals surface area (Å²) in [6.45, 7) is 5.16. The zero-order chi connectivity index (χ0) is 12.1. The summed E-state index contributed by atoms with van der Waals surface area (Å²) < 4.78 is 0. The number of hydrogen-bond acceptors (Lipinski definition) is 3. The summed E-state index contributed by atoms with van der Waals surface area (Å²) in [4.78, 5) is 19.4. The summed E-state index contributed by atoms with van der Waals surface area (Å²) >= 11 is 0. The van der Waals surface area contributed by atoms with Gasteiger partial charge in [-0.2, -0.15) is 0 Å². The molecule has 1 saturated heterocycles. The molecule has 0 aromatic heterocycles. The Morgan fingerprint density at radius 2 is 1.81 bits per heavy atom. The van der Waals surface area contributed by atoms with Crippen molar-refractivity contribution in [3.05, 3.63) is 12.7 Å². The zero-order valence-corrected chi connectivity index (χ0v) is 9.95. The van der Waals surface area contributed by atoms with Crippen LogP contribution in [0.5, 0.6) is 0 Å². The third kappa shape index (κ3) is 13.1. The molecule has 2 N–H and O–H groups in total. The van der Waals surface area contributed by atoms with Crippen molar-refractivity contribution in [3.63, 3.8) is 0 Å². The van der Waals surface area contributed by atoms with Gasteiger partial charge in [0.15, 0.2) is 0 Å². The number of nitrogens with two attached hydrogens (primary N) is 1. The maximum Gasteiger partial charge on any atom is 0.217 e. The van der Waals surface area contributed by atoms with Crippen LogP contribution in [0.25, 0.3) is 0 Å². The van der Waals surface area contributed by atoms with Crippen LogP contribution in [0.2, 0.25) is 0 Å². The lowest BCUT2D eigenvalue weighted by Gasteiger charge is -2.07. The summed E-state index contributed by atoms with van der Waals surface area (Å²) in [5, 5.41) is 0. The van der Waals surface area contributed by atoms with Gasteiger partial charge in [-0.05, 0) is 32.1 Å². The highest BCUT2D eigenvalue weighted by atomic mass is 17.2. The predicted molar refractivity (Wildman–Crippen MR) is 63.6 cm³/mol. The van der Waals surface area contributed by atoms with E-state index >= 15 is 0 Å². The molecule has 0 saturated carbocycles. The van der Waals surface area contributed by atoms with E-state index in [1.165, 1.54) is 0 Å². The average molecular weight is 229 g/mol. The summed E-state index contributed by atoms with van der Waals surface area (Å²) in [6, 6.07) is 0. The second-order valence-electron chi connectivity index (χ2n) is 3.71. The molecule has 4 heteroatoms. The Kier molecular flexibility index (Phi) is 11.5. The molecule has 1 rings (SSSR count). The molecule has 1 aliphatic heterocycles. The highest BCUT2D eigenvalue weighted by Gasteiger charge is 1.95. The first-order valence-corrected chi connectivity index (χ1v) is 5.91. The van der Waals surface area contributed by atoms with Crippen LogP contribution in [-0.4, -0.2) is 19.1 Å². The number of amides is 1. The van der Waals surface area contributed by atoms with Crippen molar-refractivity contribution in [2.24, 2.45) is 5.73 Å². The molecule has 1 aliphatic rings. The van der Waals surface area contributed by atoms with Crippen molar-refractivity contribution in [2.75, 3.05) is 13.2 Å². The molecule has 0 aromatic carbocycles. The zero-order valence-electron chi connectivity index (χ0n) is 9.95. The molecular formula is C12H23NO3. The Morgan fingerprint density at radius 3 is 2.19 bits per heavy atom. The van der Waals surface area contributed by atoms with E-state index in [1.807, 2.05) is 6.08 Å². The molecule has 1 fully saturated rings. The monoisotopic (exact) mass is 229 g/mol. The van der Waals surface area contributed by atoms with Gasteiger partial charge >= 0.3 is 0 Å². The largest absolute Gasteiger partial charge is 0.370 e. The van der Waals surface area contributed by atoms with Gasteiger partial charge in [-0.1, -0.05) is 12.5 Å². The van der Waals surface area contributed by atoms with Gasteiger partial charge in [0.25, 0.3) is 0 Å². The molecule has 0 bridgehead atoms. The Labute approximate surface area is 97.7 Å². The number of primary amides is 1. The molecule has 4 nitrogen and oxygen atoms in total. The topological polar surface area (TPSA) is 61.6 Å². The summed E-state index contributed by atoms with van der Waals surface area (Å²) in [5.74, 6) is -0.196. The number of hydrogen-bond donors (Lipinski definition) is 1. The normalized spacial score (nSPS) is 14.8. The van der Waals surface area contributed by atoms with Crippen LogP contribution >= 0.6 is 0 Å². The molecule has 94 valence electrons. The number of rotatable bonds is 6. The van der Waals surface area contributed by atoms with Crippen LogP contribution in [-0.2, 0) is 14.6 Å². The van der Waals surface area contributed by atoms with Crippen LogP contribution in [0.4, 0.5) is 0 Å². The van der Waals surface area contributed by atoms with Crippen molar-refractivity contribution in [1.82, 2.24) is 0 Å². The van der Waals surface area contributed by atoms with E-state index in [0.29, 0.717) is 6.42 Å². The first kappa shape index (κ1) is 15.1. The van der Waals surface area contributed by atoms with Crippen molar-refractivity contribution >= 4 is 5.91 Å². The van der Waals surface area contributed by atoms with Gasteiger partial charge in [0.2, 0.25) is 5.91 Å². The molecular weight excluding hydrogens is 206 g/mol. The highest BCUT2D eigenvalue weighted by molar-refractivity contribution is 5.73. The minimum Gasteiger partial charge on any atom is -0.370 e. The lowest BCUT2D eigenvalue weighted by Crippen LogP contribution is -2.09. The Morgan fingerprint density at radius 1 is 1.19 bits per heavy atom. The molecule has 0 aromatic rings. The second-order valence-corrected chi connectivity index (χ2v) is 3.71. The first-order valence-electron chi connectivity index (χ1n) is 5.91. The maximum absolute atomic E-state index is 10.2. The van der Waals surface area contributed by atoms with Crippen LogP contribution in [0, 0.1) is 0 Å². The molecule has 0 unspecified atom stereocenters. The molecule has 0 aliphatic carbocycles. The van der Waals surface area contributed by atoms with E-state index in [0.717, 1.165) is 51.7 Å². The van der Waals surface area contributed by atoms with E-state index in [1.54, 1.807) is 0 Å². The maximum atomic E-state index is 10.2. The SMILES string of the molecule is C1CCOOC1.C=CCCCCCC(N)=O. The standard InChI is InChI=1S/C8H15NO.C4H8O2/c1-2-3-4-5-6-7-8(9)10;1-2-4-6-5-3-1/h2H,1,3-7H2,(H2,9,10);1-4H2. The van der Waals surface area contributed by atoms with Crippen molar-refractivity contribution < 1.29 is 14.6 Å². The summed E-state index contributed by atoms with van der Waals surface area (Å²) in [5.41, 5.74) is 4.95. The van der Waals surface area contributed by atoms with Gasteiger partial charge in [0.1, 0.15) is 0 Å². The predicted octanol–water partition coefficient (Wildman–Crippen LogP) is 2.34. The average Bonchev–Trinajstić information content (AvgIpc) is 2.31. The Bertz CT molecular complexity index is 168. The van der Waals surface area contributed by atoms with Crippen LogP contribution in [0.3, 0.4) is 0 Å². The molecule has 0 radical (unpaired) electrons. The van der Waals surface area contributed by atoms with Crippen LogP contribution in [0.15, 0.2) is 12.7 Å². The minimum atomic E-state index is -0.196. The lowest BCUT2D eigenvalue weighted by molar-refractivity contribution is -0.312. The molecule has 1 amide bonds. The molecule has 16 heavy (non-hydrogen) atoms. The first-order chi connectivity index (χ1) is 7.77. The van der Waals surface area contributed by atoms with Gasteiger partial charge in [0.05, 0.1) is 13.2 Å². The number of carbonyl (C=O) groups excluding carboxylic acids is 1. The van der Waals surface area contributed by atoms with Crippen molar-refractivity contribution in [3.8, 4) is 0 Å². The summed E-state index contributed by atoms with van der Waals surface area (Å²) in [7, 11) is 0. The van der Waals surface area contributed by atoms with Gasteiger partial charge in [-0.15, -0.1) is 6.58 Å². The Hall–Kier alpha value is -0.870. The number of unbranched alkanes of at least 4 members (excludes halogenated alkanes) is 3. The fourth-order valence-electron chi connectivity index (χ4n) is 1.20. The Balaban J connectivity index is 0.000000315. The number of carbonyl (C=O) groups is 1. The molecule has 1 heterocycles. The highest BCUT2D eigenvalue weighted by Crippen LogP contribution is 2.02. The van der Waals surface area contributed by atoms with E-state index < -0.39 is 0 Å². The van der Waals surface area contributed by atoms with Gasteiger partial charge < -0.3 is 5.73 Å². The van der Waals surface area contributed by atoms with Crippen molar-refractivity contribution in [1.29, 1.82) is 0 Å². The van der Waals surface area contributed by atoms with E-state index in [-0.39, 0.29) is 5.91 Å². The smallest absolute Gasteiger partial charge is 0.217 e. The van der Waals surface area contributed by atoms with E-state index in [2.05, 4.69) is 16.4 Å². The fraction of sp³-hybridized carbons (Fsp3) is 0.750. The molecule has 0 atom stereocenters. The van der Waals surface area contributed by atoms with Crippen LogP contribution < -0.4 is 5.73 Å². The van der Waals surface area contributed by atoms with Gasteiger partial charge in [-0.3, -0.25) is 4.79 Å². The lowest BCUT2D eigenvalue weighted by atomic mass is 10.1. The quantitative estimate of drug-likeness (QED) is 0.432. The summed E-state index contributed by atoms with van der Waals surface area (Å²) in [6.07, 6.45) is 8.88. The van der Waals surface area contributed by atoms with Gasteiger partial charge in [0, 0.05) is 6.42 Å². The molecule has 0 spiro atoms. The van der Waals surface area contributed by atoms with Crippen molar-refractivity contribution in [2.45, 2.75) is 44.9 Å². The second kappa shape index (κ2) is 12.2. The number of allylic oxidation sites excluding steroid dienone is 1. The van der Waals surface area contributed by atoms with E-state index in [9.17, 15) is 4.79 Å². The van der Waals surface area contributed by atoms with Gasteiger partial charge in [-0.25, -0.2) is 9.78 Å². The fourth-order valence-corrected chi connectivity index (χ4v) is 1.20.